The molecule has 8 nitrogen and oxygen atoms in total. The van der Waals surface area contributed by atoms with Crippen LogP contribution in [-0.2, 0) is 0 Å². The number of carbonyl (C=O) groups excluding carboxylic acids is 2. The van der Waals surface area contributed by atoms with Crippen LogP contribution in [-0.4, -0.2) is 69.9 Å². The largest absolute Gasteiger partial charge is 0.497 e. The fourth-order valence-electron chi connectivity index (χ4n) is 3.61. The van der Waals surface area contributed by atoms with Crippen molar-refractivity contribution in [3.8, 4) is 11.4 Å². The van der Waals surface area contributed by atoms with Crippen LogP contribution in [0.15, 0.2) is 42.5 Å². The summed E-state index contributed by atoms with van der Waals surface area (Å²) in [6, 6.07) is 11.0. The zero-order valence-corrected chi connectivity index (χ0v) is 18.3. The molecule has 0 atom stereocenters. The van der Waals surface area contributed by atoms with E-state index in [4.69, 9.17) is 16.3 Å². The maximum absolute atomic E-state index is 13.3. The minimum atomic E-state index is -0.501. The molecule has 4 rings (SSSR count). The van der Waals surface area contributed by atoms with Crippen molar-refractivity contribution in [2.75, 3.05) is 33.3 Å². The number of hydrogen-bond donors (Lipinski definition) is 0. The molecular formula is C22H21ClFN5O3. The number of methoxy groups -OCH3 is 1. The molecule has 166 valence electrons. The van der Waals surface area contributed by atoms with Gasteiger partial charge in [-0.1, -0.05) is 22.9 Å². The summed E-state index contributed by atoms with van der Waals surface area (Å²) in [5, 5.41) is 8.29. The molecular weight excluding hydrogens is 437 g/mol. The van der Waals surface area contributed by atoms with Gasteiger partial charge in [-0.25, -0.2) is 9.07 Å². The molecule has 1 aliphatic rings. The van der Waals surface area contributed by atoms with Crippen molar-refractivity contribution < 1.29 is 18.7 Å². The predicted octanol–water partition coefficient (Wildman–Crippen LogP) is 2.98. The van der Waals surface area contributed by atoms with Crippen LogP contribution in [0.1, 0.15) is 26.5 Å². The zero-order chi connectivity index (χ0) is 22.8. The van der Waals surface area contributed by atoms with E-state index in [0.717, 1.165) is 11.8 Å². The van der Waals surface area contributed by atoms with Gasteiger partial charge in [-0.05, 0) is 37.3 Å². The highest BCUT2D eigenvalue weighted by Gasteiger charge is 2.29. The van der Waals surface area contributed by atoms with Gasteiger partial charge in [0.05, 0.1) is 29.1 Å². The Bertz CT molecular complexity index is 1170. The highest BCUT2D eigenvalue weighted by Crippen LogP contribution is 2.21. The van der Waals surface area contributed by atoms with E-state index in [1.807, 2.05) is 18.2 Å². The average molecular weight is 458 g/mol. The first-order valence-corrected chi connectivity index (χ1v) is 10.4. The average Bonchev–Trinajstić information content (AvgIpc) is 3.19. The molecule has 0 saturated carbocycles. The molecule has 1 aromatic heterocycles. The van der Waals surface area contributed by atoms with E-state index in [0.29, 0.717) is 37.6 Å². The maximum Gasteiger partial charge on any atom is 0.276 e. The van der Waals surface area contributed by atoms with Crippen LogP contribution in [0.2, 0.25) is 5.02 Å². The lowest BCUT2D eigenvalue weighted by Crippen LogP contribution is -2.50. The minimum Gasteiger partial charge on any atom is -0.497 e. The van der Waals surface area contributed by atoms with Crippen molar-refractivity contribution in [1.29, 1.82) is 0 Å². The Kier molecular flexibility index (Phi) is 6.09. The number of benzene rings is 2. The van der Waals surface area contributed by atoms with Gasteiger partial charge in [0, 0.05) is 32.2 Å². The molecule has 2 aromatic carbocycles. The molecule has 0 N–H and O–H groups in total. The van der Waals surface area contributed by atoms with Crippen molar-refractivity contribution in [2.45, 2.75) is 6.92 Å². The van der Waals surface area contributed by atoms with Crippen LogP contribution in [0, 0.1) is 12.7 Å². The molecule has 2 heterocycles. The summed E-state index contributed by atoms with van der Waals surface area (Å²) in [5.41, 5.74) is 1.85. The van der Waals surface area contributed by atoms with E-state index in [2.05, 4.69) is 10.3 Å². The van der Waals surface area contributed by atoms with Crippen LogP contribution in [0.25, 0.3) is 5.69 Å². The third-order valence-corrected chi connectivity index (χ3v) is 5.72. The maximum atomic E-state index is 13.3. The molecule has 1 saturated heterocycles. The summed E-state index contributed by atoms with van der Waals surface area (Å²) in [4.78, 5) is 29.0. The Hall–Kier alpha value is -3.46. The van der Waals surface area contributed by atoms with Crippen molar-refractivity contribution in [2.24, 2.45) is 0 Å². The topological polar surface area (TPSA) is 80.6 Å². The van der Waals surface area contributed by atoms with Crippen LogP contribution >= 0.6 is 11.6 Å². The summed E-state index contributed by atoms with van der Waals surface area (Å²) in [7, 11) is 1.58. The van der Waals surface area contributed by atoms with Crippen LogP contribution in [0.4, 0.5) is 4.39 Å². The fourth-order valence-corrected chi connectivity index (χ4v) is 3.86. The molecule has 0 unspecified atom stereocenters. The first-order valence-electron chi connectivity index (χ1n) is 9.99. The first-order chi connectivity index (χ1) is 15.4. The highest BCUT2D eigenvalue weighted by atomic mass is 35.5. The third-order valence-electron chi connectivity index (χ3n) is 5.41. The molecule has 1 fully saturated rings. The Balaban J connectivity index is 1.45. The van der Waals surface area contributed by atoms with E-state index in [9.17, 15) is 14.0 Å². The molecule has 0 bridgehead atoms. The summed E-state index contributed by atoms with van der Waals surface area (Å²) in [5.74, 6) is -0.363. The second kappa shape index (κ2) is 8.96. The van der Waals surface area contributed by atoms with Crippen molar-refractivity contribution >= 4 is 23.4 Å². The number of ether oxygens (including phenoxy) is 1. The quantitative estimate of drug-likeness (QED) is 0.601. The van der Waals surface area contributed by atoms with E-state index in [-0.39, 0.29) is 28.1 Å². The lowest BCUT2D eigenvalue weighted by atomic mass is 10.1. The number of nitrogens with zero attached hydrogens (tertiary/aromatic N) is 5. The molecule has 1 aliphatic heterocycles. The number of rotatable bonds is 4. The number of amides is 2. The second-order valence-electron chi connectivity index (χ2n) is 7.35. The van der Waals surface area contributed by atoms with E-state index in [1.54, 1.807) is 34.6 Å². The van der Waals surface area contributed by atoms with Gasteiger partial charge in [-0.2, -0.15) is 0 Å². The van der Waals surface area contributed by atoms with E-state index < -0.39 is 5.82 Å². The summed E-state index contributed by atoms with van der Waals surface area (Å²) >= 11 is 6.01. The molecule has 0 aliphatic carbocycles. The summed E-state index contributed by atoms with van der Waals surface area (Å²) in [6.07, 6.45) is 0. The van der Waals surface area contributed by atoms with Gasteiger partial charge in [-0.3, -0.25) is 9.59 Å². The van der Waals surface area contributed by atoms with Gasteiger partial charge in [0.2, 0.25) is 0 Å². The van der Waals surface area contributed by atoms with Gasteiger partial charge in [0.1, 0.15) is 11.6 Å². The van der Waals surface area contributed by atoms with Crippen molar-refractivity contribution in [3.63, 3.8) is 0 Å². The first kappa shape index (κ1) is 21.8. The number of piperazine rings is 1. The standard InChI is InChI=1S/C22H21ClFN5O3/c1-14-20(25-26-29(14)16-4-3-5-17(13-16)32-2)22(31)28-10-8-27(9-11-28)21(30)18-7-6-15(24)12-19(18)23/h3-7,12-13H,8-11H2,1-2H3. The minimum absolute atomic E-state index is 0.0679. The Morgan fingerprint density at radius 1 is 1.03 bits per heavy atom. The molecule has 0 radical (unpaired) electrons. The number of halogens is 2. The molecule has 10 heteroatoms. The monoisotopic (exact) mass is 457 g/mol. The fraction of sp³-hybridized carbons (Fsp3) is 0.273. The van der Waals surface area contributed by atoms with E-state index in [1.165, 1.54) is 12.1 Å². The van der Waals surface area contributed by atoms with Crippen LogP contribution < -0.4 is 4.74 Å². The molecule has 3 aromatic rings. The Labute approximate surface area is 189 Å². The number of aromatic nitrogens is 3. The number of carbonyl (C=O) groups is 2. The molecule has 0 spiro atoms. The normalized spacial score (nSPS) is 13.9. The lowest BCUT2D eigenvalue weighted by Gasteiger charge is -2.34. The third kappa shape index (κ3) is 4.16. The van der Waals surface area contributed by atoms with Gasteiger partial charge < -0.3 is 14.5 Å². The summed E-state index contributed by atoms with van der Waals surface area (Å²) in [6.45, 7) is 3.13. The smallest absolute Gasteiger partial charge is 0.276 e. The van der Waals surface area contributed by atoms with Gasteiger partial charge in [0.15, 0.2) is 5.69 Å². The van der Waals surface area contributed by atoms with Gasteiger partial charge in [0.25, 0.3) is 11.8 Å². The predicted molar refractivity (Wildman–Crippen MR) is 116 cm³/mol. The van der Waals surface area contributed by atoms with Crippen LogP contribution in [0.5, 0.6) is 5.75 Å². The lowest BCUT2D eigenvalue weighted by molar-refractivity contribution is 0.0532. The SMILES string of the molecule is COc1cccc(-n2nnc(C(=O)N3CCN(C(=O)c4ccc(F)cc4Cl)CC3)c2C)c1. The zero-order valence-electron chi connectivity index (χ0n) is 17.6. The van der Waals surface area contributed by atoms with Crippen molar-refractivity contribution in [1.82, 2.24) is 24.8 Å². The summed E-state index contributed by atoms with van der Waals surface area (Å²) < 4.78 is 20.1. The molecule has 2 amide bonds. The number of hydrogen-bond acceptors (Lipinski definition) is 5. The van der Waals surface area contributed by atoms with Gasteiger partial charge >= 0.3 is 0 Å². The highest BCUT2D eigenvalue weighted by molar-refractivity contribution is 6.33. The second-order valence-corrected chi connectivity index (χ2v) is 7.75. The molecule has 32 heavy (non-hydrogen) atoms. The van der Waals surface area contributed by atoms with E-state index >= 15 is 0 Å². The van der Waals surface area contributed by atoms with Gasteiger partial charge in [-0.15, -0.1) is 5.10 Å². The Morgan fingerprint density at radius 2 is 1.72 bits per heavy atom. The Morgan fingerprint density at radius 3 is 2.38 bits per heavy atom. The van der Waals surface area contributed by atoms with Crippen molar-refractivity contribution in [3.05, 3.63) is 70.3 Å². The van der Waals surface area contributed by atoms with Crippen LogP contribution in [0.3, 0.4) is 0 Å².